The van der Waals surface area contributed by atoms with Crippen LogP contribution >= 0.6 is 0 Å². The second kappa shape index (κ2) is 7.86. The van der Waals surface area contributed by atoms with Gasteiger partial charge in [0.2, 0.25) is 5.91 Å². The Morgan fingerprint density at radius 3 is 2.58 bits per heavy atom. The van der Waals surface area contributed by atoms with E-state index in [0.717, 1.165) is 18.5 Å². The molecule has 1 aliphatic heterocycles. The summed E-state index contributed by atoms with van der Waals surface area (Å²) in [7, 11) is 0. The second-order valence-corrected chi connectivity index (χ2v) is 7.93. The monoisotopic (exact) mass is 417 g/mol. The Hall–Kier alpha value is -3.68. The van der Waals surface area contributed by atoms with Crippen LogP contribution in [0, 0.1) is 0 Å². The molecule has 2 heterocycles. The second-order valence-electron chi connectivity index (χ2n) is 7.93. The average Bonchev–Trinajstić information content (AvgIpc) is 3.52. The molecule has 5 rings (SSSR count). The molecule has 3 aromatic rings. The molecule has 2 aromatic carbocycles. The van der Waals surface area contributed by atoms with Gasteiger partial charge in [0, 0.05) is 43.3 Å². The van der Waals surface area contributed by atoms with Crippen LogP contribution in [0.15, 0.2) is 53.3 Å². The molecule has 3 amide bonds. The number of nitrogens with zero attached hydrogens (tertiary/aromatic N) is 3. The Bertz CT molecular complexity index is 1210. The van der Waals surface area contributed by atoms with E-state index in [1.54, 1.807) is 27.7 Å². The van der Waals surface area contributed by atoms with Crippen molar-refractivity contribution in [2.24, 2.45) is 0 Å². The van der Waals surface area contributed by atoms with Crippen LogP contribution in [0.2, 0.25) is 0 Å². The standard InChI is InChI=1S/C23H23N5O3/c29-21(25-15-5-7-16(8-6-15)27-14-13-24-23(27)31)12-11-20-26-19-4-2-1-3-18(19)22(30)28(20)17-9-10-17/h1-8,17H,9-14H2,(H,24,31)(H,25,29). The topological polar surface area (TPSA) is 96.3 Å². The first-order chi connectivity index (χ1) is 15.1. The SMILES string of the molecule is O=C(CCc1nc2ccccc2c(=O)n1C1CC1)Nc1ccc(N2CCNC2=O)cc1. The summed E-state index contributed by atoms with van der Waals surface area (Å²) in [5.41, 5.74) is 2.10. The van der Waals surface area contributed by atoms with Crippen molar-refractivity contribution >= 4 is 34.2 Å². The Morgan fingerprint density at radius 2 is 1.87 bits per heavy atom. The first-order valence-corrected chi connectivity index (χ1v) is 10.6. The van der Waals surface area contributed by atoms with Crippen LogP contribution in [0.4, 0.5) is 16.2 Å². The number of hydrogen-bond donors (Lipinski definition) is 2. The highest BCUT2D eigenvalue weighted by molar-refractivity contribution is 5.95. The molecule has 1 saturated heterocycles. The maximum absolute atomic E-state index is 12.9. The first kappa shape index (κ1) is 19.3. The van der Waals surface area contributed by atoms with Gasteiger partial charge in [0.1, 0.15) is 5.82 Å². The van der Waals surface area contributed by atoms with Crippen LogP contribution in [-0.4, -0.2) is 34.6 Å². The zero-order valence-corrected chi connectivity index (χ0v) is 17.0. The fourth-order valence-electron chi connectivity index (χ4n) is 3.97. The highest BCUT2D eigenvalue weighted by atomic mass is 16.2. The van der Waals surface area contributed by atoms with Crippen LogP contribution in [0.3, 0.4) is 0 Å². The number of anilines is 2. The Morgan fingerprint density at radius 1 is 1.10 bits per heavy atom. The van der Waals surface area contributed by atoms with Crippen molar-refractivity contribution in [1.82, 2.24) is 14.9 Å². The number of carbonyl (C=O) groups is 2. The van der Waals surface area contributed by atoms with E-state index in [1.165, 1.54) is 0 Å². The van der Waals surface area contributed by atoms with Gasteiger partial charge in [-0.1, -0.05) is 12.1 Å². The summed E-state index contributed by atoms with van der Waals surface area (Å²) in [6.45, 7) is 1.26. The average molecular weight is 417 g/mol. The summed E-state index contributed by atoms with van der Waals surface area (Å²) in [5.74, 6) is 0.521. The van der Waals surface area contributed by atoms with Crippen molar-refractivity contribution in [3.05, 3.63) is 64.7 Å². The number of rotatable bonds is 6. The number of fused-ring (bicyclic) bond motifs is 1. The molecular formula is C23H23N5O3. The number of nitrogens with one attached hydrogen (secondary N) is 2. The molecule has 0 bridgehead atoms. The summed E-state index contributed by atoms with van der Waals surface area (Å²) >= 11 is 0. The van der Waals surface area contributed by atoms with Gasteiger partial charge in [-0.25, -0.2) is 9.78 Å². The lowest BCUT2D eigenvalue weighted by Gasteiger charge is -2.15. The maximum atomic E-state index is 12.9. The highest BCUT2D eigenvalue weighted by Crippen LogP contribution is 2.35. The lowest BCUT2D eigenvalue weighted by Crippen LogP contribution is -2.27. The van der Waals surface area contributed by atoms with E-state index in [1.807, 2.05) is 30.3 Å². The number of amides is 3. The normalized spacial score (nSPS) is 15.9. The van der Waals surface area contributed by atoms with Gasteiger partial charge >= 0.3 is 6.03 Å². The van der Waals surface area contributed by atoms with Gasteiger partial charge < -0.3 is 10.6 Å². The van der Waals surface area contributed by atoms with Crippen LogP contribution in [0.1, 0.15) is 31.1 Å². The minimum Gasteiger partial charge on any atom is -0.336 e. The minimum atomic E-state index is -0.142. The third-order valence-electron chi connectivity index (χ3n) is 5.69. The predicted octanol–water partition coefficient (Wildman–Crippen LogP) is 2.83. The molecule has 0 spiro atoms. The van der Waals surface area contributed by atoms with Crippen molar-refractivity contribution in [3.8, 4) is 0 Å². The van der Waals surface area contributed by atoms with Crippen LogP contribution in [-0.2, 0) is 11.2 Å². The van der Waals surface area contributed by atoms with E-state index in [-0.39, 0.29) is 30.0 Å². The summed E-state index contributed by atoms with van der Waals surface area (Å²) < 4.78 is 1.77. The van der Waals surface area contributed by atoms with Crippen molar-refractivity contribution in [1.29, 1.82) is 0 Å². The number of aromatic nitrogens is 2. The summed E-state index contributed by atoms with van der Waals surface area (Å²) in [5, 5.41) is 6.27. The molecule has 8 heteroatoms. The molecule has 2 aliphatic rings. The molecule has 2 N–H and O–H groups in total. The van der Waals surface area contributed by atoms with Crippen molar-refractivity contribution in [2.45, 2.75) is 31.7 Å². The quantitative estimate of drug-likeness (QED) is 0.645. The molecule has 1 aromatic heterocycles. The molecule has 0 atom stereocenters. The van der Waals surface area contributed by atoms with E-state index in [4.69, 9.17) is 0 Å². The lowest BCUT2D eigenvalue weighted by atomic mass is 10.2. The molecule has 1 saturated carbocycles. The third-order valence-corrected chi connectivity index (χ3v) is 5.69. The fourth-order valence-corrected chi connectivity index (χ4v) is 3.97. The number of benzene rings is 2. The highest BCUT2D eigenvalue weighted by Gasteiger charge is 2.28. The van der Waals surface area contributed by atoms with Crippen LogP contribution in [0.25, 0.3) is 10.9 Å². The largest absolute Gasteiger partial charge is 0.336 e. The van der Waals surface area contributed by atoms with E-state index in [0.29, 0.717) is 41.9 Å². The van der Waals surface area contributed by atoms with Gasteiger partial charge in [0.15, 0.2) is 0 Å². The van der Waals surface area contributed by atoms with Gasteiger partial charge in [-0.15, -0.1) is 0 Å². The summed E-state index contributed by atoms with van der Waals surface area (Å²) in [6.07, 6.45) is 2.57. The van der Waals surface area contributed by atoms with E-state index in [2.05, 4.69) is 15.6 Å². The molecule has 0 unspecified atom stereocenters. The smallest absolute Gasteiger partial charge is 0.321 e. The first-order valence-electron chi connectivity index (χ1n) is 10.6. The molecule has 1 aliphatic carbocycles. The van der Waals surface area contributed by atoms with Gasteiger partial charge in [0.05, 0.1) is 10.9 Å². The summed E-state index contributed by atoms with van der Waals surface area (Å²) in [4.78, 5) is 43.5. The Kier molecular flexibility index (Phi) is 4.89. The van der Waals surface area contributed by atoms with Crippen molar-refractivity contribution < 1.29 is 9.59 Å². The Balaban J connectivity index is 1.28. The molecule has 2 fully saturated rings. The number of hydrogen-bond acceptors (Lipinski definition) is 4. The maximum Gasteiger partial charge on any atom is 0.321 e. The number of para-hydroxylation sites is 1. The number of aryl methyl sites for hydroxylation is 1. The molecule has 8 nitrogen and oxygen atoms in total. The van der Waals surface area contributed by atoms with Gasteiger partial charge in [-0.2, -0.15) is 0 Å². The molecule has 0 radical (unpaired) electrons. The minimum absolute atomic E-state index is 0.0231. The van der Waals surface area contributed by atoms with E-state index >= 15 is 0 Å². The molecule has 31 heavy (non-hydrogen) atoms. The third kappa shape index (κ3) is 3.88. The van der Waals surface area contributed by atoms with Crippen LogP contribution < -0.4 is 21.1 Å². The predicted molar refractivity (Wildman–Crippen MR) is 118 cm³/mol. The fraction of sp³-hybridized carbons (Fsp3) is 0.304. The Labute approximate surface area is 178 Å². The number of urea groups is 1. The summed E-state index contributed by atoms with van der Waals surface area (Å²) in [6, 6.07) is 14.6. The van der Waals surface area contributed by atoms with Gasteiger partial charge in [-0.05, 0) is 49.2 Å². The zero-order chi connectivity index (χ0) is 21.4. The molecule has 158 valence electrons. The van der Waals surface area contributed by atoms with Crippen molar-refractivity contribution in [3.63, 3.8) is 0 Å². The van der Waals surface area contributed by atoms with Gasteiger partial charge in [-0.3, -0.25) is 19.1 Å². The van der Waals surface area contributed by atoms with Gasteiger partial charge in [0.25, 0.3) is 5.56 Å². The van der Waals surface area contributed by atoms with E-state index < -0.39 is 0 Å². The lowest BCUT2D eigenvalue weighted by molar-refractivity contribution is -0.116. The van der Waals surface area contributed by atoms with Crippen LogP contribution in [0.5, 0.6) is 0 Å². The van der Waals surface area contributed by atoms with E-state index in [9.17, 15) is 14.4 Å². The van der Waals surface area contributed by atoms with Crippen molar-refractivity contribution in [2.75, 3.05) is 23.3 Å². The molecular weight excluding hydrogens is 394 g/mol. The number of carbonyl (C=O) groups excluding carboxylic acids is 2. The zero-order valence-electron chi connectivity index (χ0n) is 17.0.